The highest BCUT2D eigenvalue weighted by molar-refractivity contribution is 5.06. The molecule has 0 N–H and O–H groups in total. The fourth-order valence-corrected chi connectivity index (χ4v) is 1.43. The van der Waals surface area contributed by atoms with Crippen LogP contribution >= 0.6 is 0 Å². The Kier molecular flexibility index (Phi) is 6.99. The predicted molar refractivity (Wildman–Crippen MR) is 55.5 cm³/mol. The number of hydrogen-bond donors (Lipinski definition) is 0. The van der Waals surface area contributed by atoms with Crippen LogP contribution in [0, 0.1) is 0 Å². The minimum absolute atomic E-state index is 0. The molecule has 0 radical (unpaired) electrons. The van der Waals surface area contributed by atoms with Crippen molar-refractivity contribution in [1.82, 2.24) is 0 Å². The van der Waals surface area contributed by atoms with Crippen molar-refractivity contribution in [3.63, 3.8) is 0 Å². The van der Waals surface area contributed by atoms with E-state index in [1.165, 1.54) is 31.2 Å². The zero-order chi connectivity index (χ0) is 9.52. The van der Waals surface area contributed by atoms with E-state index in [2.05, 4.69) is 42.9 Å². The van der Waals surface area contributed by atoms with E-state index >= 15 is 0 Å². The number of unbranched alkanes of at least 4 members (excludes halogenated alkanes) is 1. The van der Waals surface area contributed by atoms with Crippen LogP contribution in [-0.2, 0) is 13.0 Å². The molecule has 0 aromatic carbocycles. The Morgan fingerprint density at radius 2 is 1.71 bits per heavy atom. The molecule has 2 heteroatoms. The molecule has 0 aliphatic carbocycles. The molecule has 80 valence electrons. The number of hydrogen-bond acceptors (Lipinski definition) is 0. The number of nitrogens with zero attached hydrogens (tertiary/aromatic N) is 1. The minimum atomic E-state index is 0. The first-order valence-electron chi connectivity index (χ1n) is 5.34. The van der Waals surface area contributed by atoms with Crippen LogP contribution in [0.15, 0.2) is 24.5 Å². The van der Waals surface area contributed by atoms with Crippen molar-refractivity contribution in [2.24, 2.45) is 0 Å². The topological polar surface area (TPSA) is 3.88 Å². The molecule has 0 amide bonds. The molecule has 0 atom stereocenters. The summed E-state index contributed by atoms with van der Waals surface area (Å²) in [5, 5.41) is 0. The SMILES string of the molecule is CCCC[n+]1ccc(CCC)cc1.[F-]. The van der Waals surface area contributed by atoms with Crippen molar-refractivity contribution in [3.8, 4) is 0 Å². The van der Waals surface area contributed by atoms with Gasteiger partial charge in [0.25, 0.3) is 0 Å². The molecular formula is C12H20FN. The molecule has 1 heterocycles. The second kappa shape index (κ2) is 7.48. The van der Waals surface area contributed by atoms with Crippen LogP contribution in [0.3, 0.4) is 0 Å². The summed E-state index contributed by atoms with van der Waals surface area (Å²) >= 11 is 0. The maximum atomic E-state index is 2.27. The molecule has 0 saturated heterocycles. The Labute approximate surface area is 86.1 Å². The Balaban J connectivity index is 0.00000169. The summed E-state index contributed by atoms with van der Waals surface area (Å²) in [6.45, 7) is 5.60. The van der Waals surface area contributed by atoms with Gasteiger partial charge in [-0.15, -0.1) is 0 Å². The van der Waals surface area contributed by atoms with Crippen molar-refractivity contribution >= 4 is 0 Å². The molecular weight excluding hydrogens is 177 g/mol. The van der Waals surface area contributed by atoms with Gasteiger partial charge in [-0.2, -0.15) is 0 Å². The van der Waals surface area contributed by atoms with Crippen molar-refractivity contribution in [2.75, 3.05) is 0 Å². The largest absolute Gasteiger partial charge is 1.00 e. The van der Waals surface area contributed by atoms with Gasteiger partial charge in [0.15, 0.2) is 12.4 Å². The molecule has 1 aromatic heterocycles. The molecule has 0 saturated carbocycles. The Morgan fingerprint density at radius 1 is 1.07 bits per heavy atom. The number of rotatable bonds is 5. The standard InChI is InChI=1S/C12H20N.FH/c1-3-5-9-13-10-7-12(6-4-2)8-11-13;/h7-8,10-11H,3-6,9H2,1-2H3;1H/q+1;/p-1. The summed E-state index contributed by atoms with van der Waals surface area (Å²) in [7, 11) is 0. The summed E-state index contributed by atoms with van der Waals surface area (Å²) in [5.41, 5.74) is 1.45. The molecule has 1 rings (SSSR count). The lowest BCUT2D eigenvalue weighted by molar-refractivity contribution is -0.697. The molecule has 0 aliphatic rings. The number of aromatic nitrogens is 1. The zero-order valence-corrected chi connectivity index (χ0v) is 9.17. The van der Waals surface area contributed by atoms with Gasteiger partial charge >= 0.3 is 0 Å². The second-order valence-electron chi connectivity index (χ2n) is 3.55. The Morgan fingerprint density at radius 3 is 2.21 bits per heavy atom. The predicted octanol–water partition coefficient (Wildman–Crippen LogP) is -0.269. The van der Waals surface area contributed by atoms with Crippen LogP contribution in [0.4, 0.5) is 0 Å². The molecule has 1 aromatic rings. The summed E-state index contributed by atoms with van der Waals surface area (Å²) in [6.07, 6.45) is 9.37. The number of pyridine rings is 1. The van der Waals surface area contributed by atoms with Gasteiger partial charge in [0.2, 0.25) is 0 Å². The van der Waals surface area contributed by atoms with Crippen LogP contribution in [0.25, 0.3) is 0 Å². The van der Waals surface area contributed by atoms with Crippen molar-refractivity contribution < 1.29 is 9.27 Å². The van der Waals surface area contributed by atoms with Crippen molar-refractivity contribution in [1.29, 1.82) is 0 Å². The monoisotopic (exact) mass is 197 g/mol. The summed E-state index contributed by atoms with van der Waals surface area (Å²) in [5.74, 6) is 0. The van der Waals surface area contributed by atoms with Gasteiger partial charge in [0, 0.05) is 18.6 Å². The quantitative estimate of drug-likeness (QED) is 0.572. The van der Waals surface area contributed by atoms with E-state index in [9.17, 15) is 0 Å². The first kappa shape index (κ1) is 13.1. The van der Waals surface area contributed by atoms with Gasteiger partial charge in [0.1, 0.15) is 6.54 Å². The molecule has 0 spiro atoms. The third-order valence-electron chi connectivity index (χ3n) is 2.27. The lowest BCUT2D eigenvalue weighted by Gasteiger charge is -1.97. The summed E-state index contributed by atoms with van der Waals surface area (Å²) in [6, 6.07) is 4.47. The third-order valence-corrected chi connectivity index (χ3v) is 2.27. The number of aryl methyl sites for hydroxylation is 2. The molecule has 14 heavy (non-hydrogen) atoms. The van der Waals surface area contributed by atoms with Crippen LogP contribution in [0.5, 0.6) is 0 Å². The fraction of sp³-hybridized carbons (Fsp3) is 0.583. The van der Waals surface area contributed by atoms with E-state index in [-0.39, 0.29) is 4.70 Å². The van der Waals surface area contributed by atoms with Crippen LogP contribution in [0.2, 0.25) is 0 Å². The van der Waals surface area contributed by atoms with Gasteiger partial charge in [-0.1, -0.05) is 26.7 Å². The highest BCUT2D eigenvalue weighted by Crippen LogP contribution is 1.99. The average molecular weight is 197 g/mol. The lowest BCUT2D eigenvalue weighted by Crippen LogP contribution is -3.00. The summed E-state index contributed by atoms with van der Waals surface area (Å²) < 4.78 is 2.27. The van der Waals surface area contributed by atoms with Crippen molar-refractivity contribution in [2.45, 2.75) is 46.1 Å². The first-order valence-corrected chi connectivity index (χ1v) is 5.34. The molecule has 0 aliphatic heterocycles. The van der Waals surface area contributed by atoms with E-state index in [0.717, 1.165) is 6.54 Å². The van der Waals surface area contributed by atoms with Crippen LogP contribution in [-0.4, -0.2) is 0 Å². The van der Waals surface area contributed by atoms with E-state index < -0.39 is 0 Å². The van der Waals surface area contributed by atoms with Crippen LogP contribution < -0.4 is 9.27 Å². The fourth-order valence-electron chi connectivity index (χ4n) is 1.43. The maximum Gasteiger partial charge on any atom is 0.169 e. The van der Waals surface area contributed by atoms with E-state index in [1.807, 2.05) is 0 Å². The molecule has 0 bridgehead atoms. The van der Waals surface area contributed by atoms with E-state index in [1.54, 1.807) is 0 Å². The molecule has 1 nitrogen and oxygen atoms in total. The number of halogens is 1. The highest BCUT2D eigenvalue weighted by atomic mass is 19.0. The highest BCUT2D eigenvalue weighted by Gasteiger charge is 1.98. The average Bonchev–Trinajstić information content (AvgIpc) is 2.17. The lowest BCUT2D eigenvalue weighted by atomic mass is 10.1. The molecule has 0 unspecified atom stereocenters. The zero-order valence-electron chi connectivity index (χ0n) is 9.17. The van der Waals surface area contributed by atoms with E-state index in [0.29, 0.717) is 0 Å². The van der Waals surface area contributed by atoms with Crippen LogP contribution in [0.1, 0.15) is 38.7 Å². The maximum absolute atomic E-state index is 2.27. The van der Waals surface area contributed by atoms with Gasteiger partial charge in [-0.05, 0) is 12.0 Å². The Bertz CT molecular complexity index is 231. The second-order valence-corrected chi connectivity index (χ2v) is 3.55. The third kappa shape index (κ3) is 4.35. The smallest absolute Gasteiger partial charge is 0.169 e. The minimum Gasteiger partial charge on any atom is -1.00 e. The van der Waals surface area contributed by atoms with Gasteiger partial charge in [-0.3, -0.25) is 0 Å². The van der Waals surface area contributed by atoms with Gasteiger partial charge < -0.3 is 4.70 Å². The van der Waals surface area contributed by atoms with Gasteiger partial charge in [0.05, 0.1) is 0 Å². The normalized spacial score (nSPS) is 9.57. The Hall–Kier alpha value is -0.920. The van der Waals surface area contributed by atoms with Crippen molar-refractivity contribution in [3.05, 3.63) is 30.1 Å². The van der Waals surface area contributed by atoms with Gasteiger partial charge in [-0.25, -0.2) is 4.57 Å². The molecule has 0 fully saturated rings. The summed E-state index contributed by atoms with van der Waals surface area (Å²) in [4.78, 5) is 0. The van der Waals surface area contributed by atoms with E-state index in [4.69, 9.17) is 0 Å². The first-order chi connectivity index (χ1) is 6.36.